The van der Waals surface area contributed by atoms with Crippen LogP contribution in [0.3, 0.4) is 0 Å². The molecule has 0 amide bonds. The van der Waals surface area contributed by atoms with Gasteiger partial charge in [0.2, 0.25) is 0 Å². The fourth-order valence-corrected chi connectivity index (χ4v) is 5.14. The number of rotatable bonds is 5. The summed E-state index contributed by atoms with van der Waals surface area (Å²) in [6.45, 7) is 0.797. The molecule has 32 heavy (non-hydrogen) atoms. The molecule has 0 spiro atoms. The van der Waals surface area contributed by atoms with Crippen LogP contribution in [0.25, 0.3) is 6.08 Å². The van der Waals surface area contributed by atoms with Gasteiger partial charge in [0.05, 0.1) is 11.7 Å². The largest absolute Gasteiger partial charge is 0.335 e. The highest BCUT2D eigenvalue weighted by Crippen LogP contribution is 2.47. The zero-order valence-electron chi connectivity index (χ0n) is 17.7. The molecule has 4 aromatic carbocycles. The summed E-state index contributed by atoms with van der Waals surface area (Å²) in [5.41, 5.74) is 4.73. The molecular formula is C29H24N2S. The van der Waals surface area contributed by atoms with E-state index in [1.54, 1.807) is 11.8 Å². The van der Waals surface area contributed by atoms with E-state index in [1.165, 1.54) is 21.6 Å². The Bertz CT molecular complexity index is 1200. The molecule has 1 saturated heterocycles. The van der Waals surface area contributed by atoms with Crippen molar-refractivity contribution in [1.82, 2.24) is 4.90 Å². The zero-order valence-corrected chi connectivity index (χ0v) is 18.5. The van der Waals surface area contributed by atoms with Crippen molar-refractivity contribution < 1.29 is 0 Å². The number of aliphatic imine (C=N–C) groups is 1. The van der Waals surface area contributed by atoms with E-state index in [0.717, 1.165) is 17.4 Å². The predicted molar refractivity (Wildman–Crippen MR) is 137 cm³/mol. The molecule has 0 saturated carbocycles. The predicted octanol–water partition coefficient (Wildman–Crippen LogP) is 7.71. The minimum Gasteiger partial charge on any atom is -0.335 e. The van der Waals surface area contributed by atoms with Crippen molar-refractivity contribution in [1.29, 1.82) is 0 Å². The van der Waals surface area contributed by atoms with E-state index >= 15 is 0 Å². The molecule has 1 heterocycles. The fourth-order valence-electron chi connectivity index (χ4n) is 3.92. The van der Waals surface area contributed by atoms with Gasteiger partial charge in [-0.25, -0.2) is 4.99 Å². The van der Waals surface area contributed by atoms with Gasteiger partial charge in [-0.3, -0.25) is 0 Å². The van der Waals surface area contributed by atoms with Crippen LogP contribution in [0, 0.1) is 0 Å². The lowest BCUT2D eigenvalue weighted by molar-refractivity contribution is 0.370. The van der Waals surface area contributed by atoms with E-state index < -0.39 is 0 Å². The van der Waals surface area contributed by atoms with Gasteiger partial charge in [-0.05, 0) is 34.9 Å². The van der Waals surface area contributed by atoms with Gasteiger partial charge in [-0.15, -0.1) is 0 Å². The van der Waals surface area contributed by atoms with Crippen molar-refractivity contribution in [2.45, 2.75) is 12.6 Å². The number of thioether (sulfide) groups is 1. The molecule has 1 atom stereocenters. The van der Waals surface area contributed by atoms with Crippen LogP contribution in [0.4, 0.5) is 5.69 Å². The lowest BCUT2D eigenvalue weighted by Gasteiger charge is -2.27. The molecule has 4 aromatic rings. The van der Waals surface area contributed by atoms with Crippen molar-refractivity contribution >= 4 is 28.7 Å². The Labute approximate surface area is 194 Å². The molecule has 0 radical (unpaired) electrons. The Balaban J connectivity index is 1.63. The zero-order chi connectivity index (χ0) is 21.6. The Hall–Kier alpha value is -3.56. The second-order valence-corrected chi connectivity index (χ2v) is 8.76. The van der Waals surface area contributed by atoms with E-state index in [1.807, 2.05) is 18.2 Å². The van der Waals surface area contributed by atoms with Gasteiger partial charge in [0, 0.05) is 11.4 Å². The second kappa shape index (κ2) is 9.71. The minimum absolute atomic E-state index is 0.115. The van der Waals surface area contributed by atoms with Gasteiger partial charge in [0.1, 0.15) is 0 Å². The first-order valence-corrected chi connectivity index (χ1v) is 11.6. The Morgan fingerprint density at radius 3 is 1.91 bits per heavy atom. The van der Waals surface area contributed by atoms with Crippen LogP contribution in [0.15, 0.2) is 131 Å². The topological polar surface area (TPSA) is 15.6 Å². The molecule has 1 unspecified atom stereocenters. The highest BCUT2D eigenvalue weighted by Gasteiger charge is 2.36. The first kappa shape index (κ1) is 20.3. The van der Waals surface area contributed by atoms with Crippen LogP contribution in [-0.4, -0.2) is 10.1 Å². The highest BCUT2D eigenvalue weighted by molar-refractivity contribution is 8.17. The van der Waals surface area contributed by atoms with Gasteiger partial charge in [0.25, 0.3) is 0 Å². The van der Waals surface area contributed by atoms with Crippen LogP contribution in [0.2, 0.25) is 0 Å². The Morgan fingerprint density at radius 2 is 1.25 bits per heavy atom. The molecule has 156 valence electrons. The van der Waals surface area contributed by atoms with E-state index in [2.05, 4.69) is 114 Å². The summed E-state index contributed by atoms with van der Waals surface area (Å²) in [7, 11) is 0. The molecule has 1 aliphatic rings. The van der Waals surface area contributed by atoms with E-state index in [4.69, 9.17) is 4.99 Å². The smallest absolute Gasteiger partial charge is 0.170 e. The van der Waals surface area contributed by atoms with Gasteiger partial charge >= 0.3 is 0 Å². The van der Waals surface area contributed by atoms with Crippen LogP contribution in [-0.2, 0) is 6.54 Å². The van der Waals surface area contributed by atoms with Gasteiger partial charge < -0.3 is 4.90 Å². The number of hydrogen-bond acceptors (Lipinski definition) is 2. The van der Waals surface area contributed by atoms with Crippen LogP contribution >= 0.6 is 11.8 Å². The van der Waals surface area contributed by atoms with Crippen molar-refractivity contribution in [3.8, 4) is 0 Å². The molecule has 0 N–H and O–H groups in total. The first-order chi connectivity index (χ1) is 15.9. The number of amidine groups is 1. The Morgan fingerprint density at radius 1 is 0.688 bits per heavy atom. The third-order valence-corrected chi connectivity index (χ3v) is 6.52. The summed E-state index contributed by atoms with van der Waals surface area (Å²) in [6.07, 6.45) is 2.30. The average molecular weight is 433 g/mol. The summed E-state index contributed by atoms with van der Waals surface area (Å²) >= 11 is 1.77. The molecule has 0 aliphatic carbocycles. The van der Waals surface area contributed by atoms with Gasteiger partial charge in [-0.1, -0.05) is 121 Å². The quantitative estimate of drug-likeness (QED) is 0.321. The summed E-state index contributed by atoms with van der Waals surface area (Å²) in [4.78, 5) is 8.78. The van der Waals surface area contributed by atoms with E-state index in [0.29, 0.717) is 0 Å². The number of hydrogen-bond donors (Lipinski definition) is 0. The summed E-state index contributed by atoms with van der Waals surface area (Å²) in [5.74, 6) is 0. The molecule has 1 aliphatic heterocycles. The molecule has 5 rings (SSSR count). The molecule has 2 nitrogen and oxygen atoms in total. The maximum atomic E-state index is 5.07. The van der Waals surface area contributed by atoms with Crippen LogP contribution in [0.1, 0.15) is 22.7 Å². The monoisotopic (exact) mass is 432 g/mol. The molecule has 0 aromatic heterocycles. The maximum Gasteiger partial charge on any atom is 0.170 e. The van der Waals surface area contributed by atoms with Crippen molar-refractivity contribution in [3.05, 3.63) is 143 Å². The lowest BCUT2D eigenvalue weighted by Crippen LogP contribution is -2.27. The normalized spacial score (nSPS) is 18.4. The number of para-hydroxylation sites is 1. The Kier molecular flexibility index (Phi) is 6.18. The molecule has 1 fully saturated rings. The average Bonchev–Trinajstić information content (AvgIpc) is 3.17. The summed E-state index contributed by atoms with van der Waals surface area (Å²) < 4.78 is 0. The molecule has 0 bridgehead atoms. The fraction of sp³-hybridized carbons (Fsp3) is 0.0690. The van der Waals surface area contributed by atoms with E-state index in [9.17, 15) is 0 Å². The number of nitrogens with zero attached hydrogens (tertiary/aromatic N) is 2. The van der Waals surface area contributed by atoms with Gasteiger partial charge in [0.15, 0.2) is 5.17 Å². The minimum atomic E-state index is 0.115. The van der Waals surface area contributed by atoms with Crippen LogP contribution in [0.5, 0.6) is 0 Å². The summed E-state index contributed by atoms with van der Waals surface area (Å²) in [6, 6.07) is 42.3. The summed E-state index contributed by atoms with van der Waals surface area (Å²) in [5, 5.41) is 1.02. The van der Waals surface area contributed by atoms with Gasteiger partial charge in [-0.2, -0.15) is 0 Å². The highest BCUT2D eigenvalue weighted by atomic mass is 32.2. The molecule has 3 heteroatoms. The van der Waals surface area contributed by atoms with Crippen LogP contribution < -0.4 is 0 Å². The third-order valence-electron chi connectivity index (χ3n) is 5.44. The van der Waals surface area contributed by atoms with E-state index in [-0.39, 0.29) is 6.04 Å². The maximum absolute atomic E-state index is 5.07. The second-order valence-electron chi connectivity index (χ2n) is 7.72. The lowest BCUT2D eigenvalue weighted by atomic mass is 10.0. The van der Waals surface area contributed by atoms with Crippen molar-refractivity contribution in [2.75, 3.05) is 0 Å². The van der Waals surface area contributed by atoms with Crippen molar-refractivity contribution in [2.24, 2.45) is 4.99 Å². The number of benzene rings is 4. The first-order valence-electron chi connectivity index (χ1n) is 10.8. The standard InChI is InChI=1S/C29H24N2S/c1-5-13-23(14-6-1)21-27-28(25-17-9-3-10-18-25)31(22-24-15-7-2-8-16-24)29(32-27)30-26-19-11-4-12-20-26/h1-21,28H,22H2/b27-21-,30-29?. The third kappa shape index (κ3) is 4.68. The SMILES string of the molecule is C(=C1/SC(=Nc2ccccc2)N(Cc2ccccc2)C1c1ccccc1)/c1ccccc1. The molecular weight excluding hydrogens is 408 g/mol. The van der Waals surface area contributed by atoms with Crippen molar-refractivity contribution in [3.63, 3.8) is 0 Å².